The second-order valence-electron chi connectivity index (χ2n) is 5.49. The predicted octanol–water partition coefficient (Wildman–Crippen LogP) is 2.98. The van der Waals surface area contributed by atoms with E-state index in [0.717, 1.165) is 38.0 Å². The third-order valence-electron chi connectivity index (χ3n) is 3.75. The van der Waals surface area contributed by atoms with Gasteiger partial charge in [-0.2, -0.15) is 5.10 Å². The van der Waals surface area contributed by atoms with E-state index < -0.39 is 23.1 Å². The van der Waals surface area contributed by atoms with Crippen LogP contribution in [-0.4, -0.2) is 28.4 Å². The zero-order valence-corrected chi connectivity index (χ0v) is 12.5. The number of aromatic nitrogens is 2. The van der Waals surface area contributed by atoms with E-state index in [4.69, 9.17) is 4.74 Å². The molecule has 1 aliphatic rings. The third kappa shape index (κ3) is 3.73. The largest absolute Gasteiger partial charge is 0.376 e. The fraction of sp³-hybridized carbons (Fsp3) is 0.375. The molecule has 1 atom stereocenters. The SMILES string of the molecule is O=C(Nc1cnn(C[C@@H]2CCCCO2)c1)c1c(F)cccc1F. The van der Waals surface area contributed by atoms with E-state index in [0.29, 0.717) is 12.2 Å². The van der Waals surface area contributed by atoms with Crippen molar-refractivity contribution in [3.8, 4) is 0 Å². The maximum absolute atomic E-state index is 13.6. The molecule has 5 nitrogen and oxygen atoms in total. The van der Waals surface area contributed by atoms with Crippen molar-refractivity contribution in [2.45, 2.75) is 31.9 Å². The van der Waals surface area contributed by atoms with Gasteiger partial charge in [-0.25, -0.2) is 8.78 Å². The fourth-order valence-corrected chi connectivity index (χ4v) is 2.60. The number of carbonyl (C=O) groups excluding carboxylic acids is 1. The first kappa shape index (κ1) is 15.6. The van der Waals surface area contributed by atoms with Crippen molar-refractivity contribution in [1.82, 2.24) is 9.78 Å². The lowest BCUT2D eigenvalue weighted by Gasteiger charge is -2.22. The van der Waals surface area contributed by atoms with E-state index in [1.54, 1.807) is 10.9 Å². The molecule has 23 heavy (non-hydrogen) atoms. The summed E-state index contributed by atoms with van der Waals surface area (Å²) in [4.78, 5) is 12.0. The average molecular weight is 321 g/mol. The standard InChI is InChI=1S/C16H17F2N3O2/c17-13-5-3-6-14(18)15(13)16(22)20-11-8-19-21(9-11)10-12-4-1-2-7-23-12/h3,5-6,8-9,12H,1-2,4,7,10H2,(H,20,22)/t12-/m0/s1. The van der Waals surface area contributed by atoms with Crippen molar-refractivity contribution in [2.75, 3.05) is 11.9 Å². The second-order valence-corrected chi connectivity index (χ2v) is 5.49. The molecule has 0 aliphatic carbocycles. The van der Waals surface area contributed by atoms with Gasteiger partial charge in [-0.3, -0.25) is 9.48 Å². The Bertz CT molecular complexity index is 676. The van der Waals surface area contributed by atoms with E-state index in [2.05, 4.69) is 10.4 Å². The summed E-state index contributed by atoms with van der Waals surface area (Å²) in [5, 5.41) is 6.59. The zero-order chi connectivity index (χ0) is 16.2. The first-order valence-corrected chi connectivity index (χ1v) is 7.53. The maximum atomic E-state index is 13.6. The Labute approximate surface area is 132 Å². The number of hydrogen-bond donors (Lipinski definition) is 1. The van der Waals surface area contributed by atoms with Gasteiger partial charge in [0.1, 0.15) is 17.2 Å². The summed E-state index contributed by atoms with van der Waals surface area (Å²) < 4.78 is 34.4. The number of nitrogens with one attached hydrogen (secondary N) is 1. The summed E-state index contributed by atoms with van der Waals surface area (Å²) in [6.45, 7) is 1.34. The van der Waals surface area contributed by atoms with Crippen LogP contribution in [-0.2, 0) is 11.3 Å². The lowest BCUT2D eigenvalue weighted by Crippen LogP contribution is -2.24. The summed E-state index contributed by atoms with van der Waals surface area (Å²) in [5.74, 6) is -2.63. The summed E-state index contributed by atoms with van der Waals surface area (Å²) in [7, 11) is 0. The highest BCUT2D eigenvalue weighted by molar-refractivity contribution is 6.04. The van der Waals surface area contributed by atoms with Crippen LogP contribution in [0.5, 0.6) is 0 Å². The molecule has 2 aromatic rings. The summed E-state index contributed by atoms with van der Waals surface area (Å²) in [5.41, 5.74) is -0.218. The second kappa shape index (κ2) is 6.87. The molecule has 0 bridgehead atoms. The van der Waals surface area contributed by atoms with E-state index in [1.165, 1.54) is 12.3 Å². The lowest BCUT2D eigenvalue weighted by molar-refractivity contribution is 0.00401. The van der Waals surface area contributed by atoms with Gasteiger partial charge in [-0.15, -0.1) is 0 Å². The van der Waals surface area contributed by atoms with Crippen molar-refractivity contribution >= 4 is 11.6 Å². The summed E-state index contributed by atoms with van der Waals surface area (Å²) in [6.07, 6.45) is 6.35. The Balaban J connectivity index is 1.65. The molecule has 1 fully saturated rings. The number of amides is 1. The van der Waals surface area contributed by atoms with Crippen LogP contribution in [0.4, 0.5) is 14.5 Å². The molecule has 1 amide bonds. The molecule has 0 spiro atoms. The minimum absolute atomic E-state index is 0.108. The van der Waals surface area contributed by atoms with Crippen molar-refractivity contribution in [3.05, 3.63) is 47.8 Å². The van der Waals surface area contributed by atoms with Crippen molar-refractivity contribution in [2.24, 2.45) is 0 Å². The first-order valence-electron chi connectivity index (χ1n) is 7.53. The van der Waals surface area contributed by atoms with Gasteiger partial charge in [0, 0.05) is 12.8 Å². The van der Waals surface area contributed by atoms with Crippen LogP contribution in [0.25, 0.3) is 0 Å². The van der Waals surface area contributed by atoms with Gasteiger partial charge in [0.05, 0.1) is 24.5 Å². The topological polar surface area (TPSA) is 56.2 Å². The van der Waals surface area contributed by atoms with Crippen molar-refractivity contribution in [1.29, 1.82) is 0 Å². The van der Waals surface area contributed by atoms with Crippen LogP contribution in [0.15, 0.2) is 30.6 Å². The van der Waals surface area contributed by atoms with Gasteiger partial charge in [-0.05, 0) is 31.4 Å². The van der Waals surface area contributed by atoms with E-state index in [-0.39, 0.29) is 6.10 Å². The molecule has 1 saturated heterocycles. The molecular weight excluding hydrogens is 304 g/mol. The number of nitrogens with zero attached hydrogens (tertiary/aromatic N) is 2. The monoisotopic (exact) mass is 321 g/mol. The summed E-state index contributed by atoms with van der Waals surface area (Å²) >= 11 is 0. The molecule has 2 heterocycles. The molecule has 0 saturated carbocycles. The quantitative estimate of drug-likeness (QED) is 0.942. The van der Waals surface area contributed by atoms with Crippen LogP contribution in [0, 0.1) is 11.6 Å². The Hall–Kier alpha value is -2.28. The smallest absolute Gasteiger partial charge is 0.261 e. The van der Waals surface area contributed by atoms with Gasteiger partial charge < -0.3 is 10.1 Å². The van der Waals surface area contributed by atoms with E-state index >= 15 is 0 Å². The average Bonchev–Trinajstić information content (AvgIpc) is 2.95. The summed E-state index contributed by atoms with van der Waals surface area (Å²) in [6, 6.07) is 3.30. The van der Waals surface area contributed by atoms with Crippen molar-refractivity contribution < 1.29 is 18.3 Å². The van der Waals surface area contributed by atoms with Gasteiger partial charge in [0.2, 0.25) is 0 Å². The number of anilines is 1. The minimum atomic E-state index is -0.898. The molecule has 1 aromatic carbocycles. The van der Waals surface area contributed by atoms with Crippen molar-refractivity contribution in [3.63, 3.8) is 0 Å². The third-order valence-corrected chi connectivity index (χ3v) is 3.75. The normalized spacial score (nSPS) is 17.9. The Kier molecular flexibility index (Phi) is 4.66. The lowest BCUT2D eigenvalue weighted by atomic mass is 10.1. The highest BCUT2D eigenvalue weighted by atomic mass is 19.1. The number of hydrogen-bond acceptors (Lipinski definition) is 3. The molecule has 0 unspecified atom stereocenters. The van der Waals surface area contributed by atoms with Crippen LogP contribution in [0.2, 0.25) is 0 Å². The van der Waals surface area contributed by atoms with Gasteiger partial charge in [-0.1, -0.05) is 6.07 Å². The van der Waals surface area contributed by atoms with E-state index in [1.807, 2.05) is 0 Å². The molecule has 3 rings (SSSR count). The maximum Gasteiger partial charge on any atom is 0.261 e. The number of halogens is 2. The number of ether oxygens (including phenoxy) is 1. The molecule has 1 N–H and O–H groups in total. The molecule has 1 aliphatic heterocycles. The molecule has 7 heteroatoms. The van der Waals surface area contributed by atoms with Crippen LogP contribution in [0.3, 0.4) is 0 Å². The number of benzene rings is 1. The van der Waals surface area contributed by atoms with Gasteiger partial charge in [0.15, 0.2) is 0 Å². The first-order chi connectivity index (χ1) is 11.1. The number of rotatable bonds is 4. The van der Waals surface area contributed by atoms with E-state index in [9.17, 15) is 13.6 Å². The zero-order valence-electron chi connectivity index (χ0n) is 12.5. The minimum Gasteiger partial charge on any atom is -0.376 e. The highest BCUT2D eigenvalue weighted by Crippen LogP contribution is 2.17. The van der Waals surface area contributed by atoms with Gasteiger partial charge >= 0.3 is 0 Å². The Morgan fingerprint density at radius 1 is 1.35 bits per heavy atom. The van der Waals surface area contributed by atoms with Crippen LogP contribution in [0.1, 0.15) is 29.6 Å². The Morgan fingerprint density at radius 2 is 2.13 bits per heavy atom. The Morgan fingerprint density at radius 3 is 2.83 bits per heavy atom. The predicted molar refractivity (Wildman–Crippen MR) is 80.1 cm³/mol. The number of carbonyl (C=O) groups is 1. The molecular formula is C16H17F2N3O2. The van der Waals surface area contributed by atoms with Crippen LogP contribution < -0.4 is 5.32 Å². The molecule has 122 valence electrons. The van der Waals surface area contributed by atoms with Gasteiger partial charge in [0.25, 0.3) is 5.91 Å². The van der Waals surface area contributed by atoms with Crippen LogP contribution >= 0.6 is 0 Å². The molecule has 1 aromatic heterocycles. The highest BCUT2D eigenvalue weighted by Gasteiger charge is 2.18. The fourth-order valence-electron chi connectivity index (χ4n) is 2.60. The molecule has 0 radical (unpaired) electrons.